The van der Waals surface area contributed by atoms with Crippen molar-refractivity contribution in [2.75, 3.05) is 0 Å². The molecular formula is C14H12Br. The molecular weight excluding hydrogens is 248 g/mol. The molecule has 2 rings (SSSR count). The van der Waals surface area contributed by atoms with E-state index in [1.165, 1.54) is 16.3 Å². The van der Waals surface area contributed by atoms with Crippen LogP contribution in [-0.2, 0) is 0 Å². The molecule has 1 radical (unpaired) electrons. The first-order valence-corrected chi connectivity index (χ1v) is 5.75. The van der Waals surface area contributed by atoms with Gasteiger partial charge in [-0.1, -0.05) is 70.5 Å². The van der Waals surface area contributed by atoms with Crippen LogP contribution < -0.4 is 0 Å². The monoisotopic (exact) mass is 259 g/mol. The Bertz CT molecular complexity index is 480. The molecule has 0 nitrogen and oxygen atoms in total. The molecule has 0 saturated heterocycles. The minimum absolute atomic E-state index is 1.13. The van der Waals surface area contributed by atoms with Gasteiger partial charge in [-0.25, -0.2) is 0 Å². The predicted molar refractivity (Wildman–Crippen MR) is 70.0 cm³/mol. The van der Waals surface area contributed by atoms with Crippen molar-refractivity contribution in [2.24, 2.45) is 0 Å². The van der Waals surface area contributed by atoms with Gasteiger partial charge in [0.05, 0.1) is 4.83 Å². The first kappa shape index (κ1) is 10.4. The molecule has 0 aliphatic carbocycles. The van der Waals surface area contributed by atoms with E-state index in [2.05, 4.69) is 64.5 Å². The Labute approximate surface area is 98.8 Å². The average Bonchev–Trinajstić information content (AvgIpc) is 2.28. The first-order chi connectivity index (χ1) is 7.33. The highest BCUT2D eigenvalue weighted by molar-refractivity contribution is 9.11. The van der Waals surface area contributed by atoms with Crippen molar-refractivity contribution in [3.05, 3.63) is 65.0 Å². The van der Waals surface area contributed by atoms with Crippen LogP contribution >= 0.6 is 15.9 Å². The summed E-state index contributed by atoms with van der Waals surface area (Å²) < 4.78 is 0. The molecule has 2 aromatic rings. The van der Waals surface area contributed by atoms with Crippen LogP contribution in [0.5, 0.6) is 0 Å². The highest BCUT2D eigenvalue weighted by atomic mass is 79.9. The Morgan fingerprint density at radius 3 is 2.60 bits per heavy atom. The van der Waals surface area contributed by atoms with E-state index in [9.17, 15) is 0 Å². The van der Waals surface area contributed by atoms with Crippen LogP contribution in [-0.4, -0.2) is 0 Å². The van der Waals surface area contributed by atoms with E-state index in [0.29, 0.717) is 0 Å². The standard InChI is InChI=1S/C14H12Br/c1-2-6-14(15)13-10-5-8-11-7-3-4-9-12(11)13/h2-10H,1H3/b6-2+. The molecule has 0 saturated carbocycles. The van der Waals surface area contributed by atoms with Crippen LogP contribution in [0.1, 0.15) is 12.5 Å². The maximum Gasteiger partial charge on any atom is 0.0920 e. The smallest absolute Gasteiger partial charge is 0.0899 e. The van der Waals surface area contributed by atoms with Gasteiger partial charge in [-0.15, -0.1) is 0 Å². The lowest BCUT2D eigenvalue weighted by Gasteiger charge is -2.08. The number of hydrogen-bond acceptors (Lipinski definition) is 0. The van der Waals surface area contributed by atoms with Crippen molar-refractivity contribution in [1.82, 2.24) is 0 Å². The normalized spacial score (nSPS) is 11.7. The van der Waals surface area contributed by atoms with E-state index in [1.54, 1.807) is 0 Å². The number of halogens is 1. The third-order valence-electron chi connectivity index (χ3n) is 2.36. The quantitative estimate of drug-likeness (QED) is 0.734. The van der Waals surface area contributed by atoms with Crippen molar-refractivity contribution < 1.29 is 0 Å². The van der Waals surface area contributed by atoms with Crippen LogP contribution in [0.4, 0.5) is 0 Å². The van der Waals surface area contributed by atoms with Gasteiger partial charge in [-0.2, -0.15) is 0 Å². The van der Waals surface area contributed by atoms with Crippen molar-refractivity contribution >= 4 is 26.7 Å². The van der Waals surface area contributed by atoms with Crippen LogP contribution in [0.25, 0.3) is 10.8 Å². The third kappa shape index (κ3) is 2.13. The fraction of sp³-hybridized carbons (Fsp3) is 0.0714. The van der Waals surface area contributed by atoms with Crippen LogP contribution in [0, 0.1) is 4.83 Å². The van der Waals surface area contributed by atoms with Crippen LogP contribution in [0.2, 0.25) is 0 Å². The van der Waals surface area contributed by atoms with E-state index in [1.807, 2.05) is 13.0 Å². The van der Waals surface area contributed by atoms with E-state index in [0.717, 1.165) is 4.83 Å². The summed E-state index contributed by atoms with van der Waals surface area (Å²) in [6, 6.07) is 14.8. The predicted octanol–water partition coefficient (Wildman–Crippen LogP) is 4.69. The largest absolute Gasteiger partial charge is 0.0920 e. The van der Waals surface area contributed by atoms with Crippen LogP contribution in [0.3, 0.4) is 0 Å². The number of rotatable bonds is 2. The number of fused-ring (bicyclic) bond motifs is 1. The Kier molecular flexibility index (Phi) is 3.22. The fourth-order valence-electron chi connectivity index (χ4n) is 1.67. The molecule has 1 heteroatoms. The summed E-state index contributed by atoms with van der Waals surface area (Å²) in [4.78, 5) is 1.13. The number of hydrogen-bond donors (Lipinski definition) is 0. The topological polar surface area (TPSA) is 0 Å². The first-order valence-electron chi connectivity index (χ1n) is 4.96. The number of allylic oxidation sites excluding steroid dienone is 2. The zero-order chi connectivity index (χ0) is 10.7. The van der Waals surface area contributed by atoms with E-state index < -0.39 is 0 Å². The molecule has 0 aliphatic rings. The Hall–Kier alpha value is -1.08. The van der Waals surface area contributed by atoms with Gasteiger partial charge in [-0.05, 0) is 23.3 Å². The van der Waals surface area contributed by atoms with E-state index in [-0.39, 0.29) is 0 Å². The summed E-state index contributed by atoms with van der Waals surface area (Å²) >= 11 is 3.60. The second kappa shape index (κ2) is 4.63. The molecule has 0 unspecified atom stereocenters. The second-order valence-electron chi connectivity index (χ2n) is 3.37. The maximum absolute atomic E-state index is 3.60. The van der Waals surface area contributed by atoms with E-state index >= 15 is 0 Å². The summed E-state index contributed by atoms with van der Waals surface area (Å²) in [6.45, 7) is 2.02. The molecule has 0 spiro atoms. The van der Waals surface area contributed by atoms with Crippen molar-refractivity contribution in [3.8, 4) is 0 Å². The summed E-state index contributed by atoms with van der Waals surface area (Å²) in [6.07, 6.45) is 4.10. The molecule has 0 heterocycles. The Morgan fingerprint density at radius 2 is 1.80 bits per heavy atom. The maximum atomic E-state index is 3.60. The van der Waals surface area contributed by atoms with E-state index in [4.69, 9.17) is 0 Å². The Balaban J connectivity index is 2.60. The summed E-state index contributed by atoms with van der Waals surface area (Å²) in [5, 5.41) is 2.56. The highest BCUT2D eigenvalue weighted by Crippen LogP contribution is 2.29. The van der Waals surface area contributed by atoms with Gasteiger partial charge in [-0.3, -0.25) is 0 Å². The van der Waals surface area contributed by atoms with Gasteiger partial charge in [0.25, 0.3) is 0 Å². The lowest BCUT2D eigenvalue weighted by molar-refractivity contribution is 1.52. The fourth-order valence-corrected chi connectivity index (χ4v) is 2.28. The molecule has 0 fully saturated rings. The Morgan fingerprint density at radius 1 is 1.07 bits per heavy atom. The molecule has 0 N–H and O–H groups in total. The highest BCUT2D eigenvalue weighted by Gasteiger charge is 2.07. The lowest BCUT2D eigenvalue weighted by Crippen LogP contribution is -1.88. The number of benzene rings is 2. The molecule has 75 valence electrons. The zero-order valence-corrected chi connectivity index (χ0v) is 10.2. The molecule has 0 aromatic heterocycles. The average molecular weight is 260 g/mol. The molecule has 0 amide bonds. The van der Waals surface area contributed by atoms with Gasteiger partial charge < -0.3 is 0 Å². The summed E-state index contributed by atoms with van der Waals surface area (Å²) in [5.74, 6) is 0. The van der Waals surface area contributed by atoms with Gasteiger partial charge in [0.15, 0.2) is 0 Å². The van der Waals surface area contributed by atoms with Crippen molar-refractivity contribution in [3.63, 3.8) is 0 Å². The van der Waals surface area contributed by atoms with Crippen molar-refractivity contribution in [1.29, 1.82) is 0 Å². The minimum atomic E-state index is 1.13. The molecule has 0 atom stereocenters. The molecule has 2 aromatic carbocycles. The molecule has 0 bridgehead atoms. The van der Waals surface area contributed by atoms with Gasteiger partial charge >= 0.3 is 0 Å². The second-order valence-corrected chi connectivity index (χ2v) is 4.23. The van der Waals surface area contributed by atoms with Gasteiger partial charge in [0, 0.05) is 0 Å². The van der Waals surface area contributed by atoms with Gasteiger partial charge in [0.1, 0.15) is 0 Å². The van der Waals surface area contributed by atoms with Gasteiger partial charge in [0.2, 0.25) is 0 Å². The lowest BCUT2D eigenvalue weighted by atomic mass is 10.0. The summed E-state index contributed by atoms with van der Waals surface area (Å²) in [5.41, 5.74) is 1.24. The minimum Gasteiger partial charge on any atom is -0.0899 e. The summed E-state index contributed by atoms with van der Waals surface area (Å²) in [7, 11) is 0. The van der Waals surface area contributed by atoms with Crippen molar-refractivity contribution in [2.45, 2.75) is 6.92 Å². The third-order valence-corrected chi connectivity index (χ3v) is 3.05. The SMILES string of the molecule is C/C=C/[C](Br)c1cccc2ccccc12. The van der Waals surface area contributed by atoms with Crippen LogP contribution in [0.15, 0.2) is 54.6 Å². The molecule has 15 heavy (non-hydrogen) atoms. The molecule has 0 aliphatic heterocycles. The zero-order valence-electron chi connectivity index (χ0n) is 8.57.